The van der Waals surface area contributed by atoms with Gasteiger partial charge in [-0.3, -0.25) is 4.79 Å². The van der Waals surface area contributed by atoms with Gasteiger partial charge in [0.1, 0.15) is 29.5 Å². The summed E-state index contributed by atoms with van der Waals surface area (Å²) in [5.74, 6) is 0.0657. The molecular weight excluding hydrogens is 499 g/mol. The van der Waals surface area contributed by atoms with E-state index in [4.69, 9.17) is 9.15 Å². The van der Waals surface area contributed by atoms with Crippen molar-refractivity contribution in [2.24, 2.45) is 0 Å². The van der Waals surface area contributed by atoms with Crippen LogP contribution in [0.3, 0.4) is 0 Å². The molecule has 0 bridgehead atoms. The molecule has 0 amide bonds. The number of benzene rings is 2. The first-order valence-corrected chi connectivity index (χ1v) is 13.5. The molecule has 2 aromatic carbocycles. The van der Waals surface area contributed by atoms with Crippen molar-refractivity contribution in [2.45, 2.75) is 25.7 Å². The van der Waals surface area contributed by atoms with E-state index in [0.717, 1.165) is 10.1 Å². The molecule has 4 aromatic rings. The topological polar surface area (TPSA) is 97.9 Å². The molecule has 1 aliphatic rings. The number of halogens is 1. The maximum absolute atomic E-state index is 13.9. The van der Waals surface area contributed by atoms with Crippen LogP contribution < -0.4 is 15.2 Å². The molecule has 194 valence electrons. The van der Waals surface area contributed by atoms with Crippen molar-refractivity contribution < 1.29 is 22.0 Å². The zero-order valence-electron chi connectivity index (χ0n) is 20.5. The van der Waals surface area contributed by atoms with E-state index in [9.17, 15) is 17.6 Å². The van der Waals surface area contributed by atoms with E-state index in [2.05, 4.69) is 5.10 Å². The first-order valence-electron chi connectivity index (χ1n) is 12.0. The Morgan fingerprint density at radius 1 is 1.05 bits per heavy atom. The second kappa shape index (κ2) is 9.98. The summed E-state index contributed by atoms with van der Waals surface area (Å²) in [6, 6.07) is 15.0. The monoisotopic (exact) mass is 526 g/mol. The van der Waals surface area contributed by atoms with Gasteiger partial charge in [0.05, 0.1) is 17.1 Å². The van der Waals surface area contributed by atoms with Crippen LogP contribution in [0.25, 0.3) is 16.7 Å². The number of hydrogen-bond acceptors (Lipinski definition) is 7. The SMILES string of the molecule is CC(C)S(=O)(=O)N1CCN(c2cnn(-c3cccc(F)c3)c(=O)c2OCc2cc3ccccc3o2)CC1. The van der Waals surface area contributed by atoms with Gasteiger partial charge in [0.15, 0.2) is 0 Å². The van der Waals surface area contributed by atoms with Gasteiger partial charge in [0.25, 0.3) is 0 Å². The fourth-order valence-corrected chi connectivity index (χ4v) is 5.58. The van der Waals surface area contributed by atoms with Crippen LogP contribution in [0.5, 0.6) is 5.75 Å². The lowest BCUT2D eigenvalue weighted by Gasteiger charge is -2.36. The summed E-state index contributed by atoms with van der Waals surface area (Å²) in [7, 11) is -3.38. The number of anilines is 1. The van der Waals surface area contributed by atoms with Crippen LogP contribution in [0.4, 0.5) is 10.1 Å². The van der Waals surface area contributed by atoms with Crippen molar-refractivity contribution in [3.8, 4) is 11.4 Å². The van der Waals surface area contributed by atoms with Gasteiger partial charge in [-0.2, -0.15) is 14.1 Å². The van der Waals surface area contributed by atoms with E-state index in [1.807, 2.05) is 35.2 Å². The first kappa shape index (κ1) is 25.0. The number of rotatable bonds is 7. The van der Waals surface area contributed by atoms with E-state index < -0.39 is 26.6 Å². The average molecular weight is 527 g/mol. The van der Waals surface area contributed by atoms with E-state index in [1.165, 1.54) is 28.7 Å². The highest BCUT2D eigenvalue weighted by atomic mass is 32.2. The van der Waals surface area contributed by atoms with Crippen LogP contribution in [-0.2, 0) is 16.6 Å². The average Bonchev–Trinajstić information content (AvgIpc) is 3.31. The standard InChI is InChI=1S/C26H27FN4O5S/c1-18(2)37(33,34)30-12-10-29(11-13-30)23-16-28-31(21-8-5-7-20(27)15-21)26(32)25(23)35-17-22-14-19-6-3-4-9-24(19)36-22/h3-9,14-16,18H,10-13,17H2,1-2H3. The lowest BCUT2D eigenvalue weighted by Crippen LogP contribution is -2.50. The van der Waals surface area contributed by atoms with E-state index >= 15 is 0 Å². The number of para-hydroxylation sites is 1. The fourth-order valence-electron chi connectivity index (χ4n) is 4.31. The van der Waals surface area contributed by atoms with E-state index in [1.54, 1.807) is 19.9 Å². The molecule has 0 atom stereocenters. The van der Waals surface area contributed by atoms with Crippen molar-refractivity contribution in [3.05, 3.63) is 82.7 Å². The Bertz CT molecular complexity index is 1560. The highest BCUT2D eigenvalue weighted by molar-refractivity contribution is 7.89. The van der Waals surface area contributed by atoms with Crippen molar-refractivity contribution in [1.29, 1.82) is 0 Å². The highest BCUT2D eigenvalue weighted by Gasteiger charge is 2.31. The molecule has 0 saturated carbocycles. The van der Waals surface area contributed by atoms with Gasteiger partial charge in [0.2, 0.25) is 15.8 Å². The number of fused-ring (bicyclic) bond motifs is 1. The van der Waals surface area contributed by atoms with Crippen LogP contribution >= 0.6 is 0 Å². The Balaban J connectivity index is 1.47. The van der Waals surface area contributed by atoms with Crippen LogP contribution in [0.2, 0.25) is 0 Å². The maximum Gasteiger partial charge on any atom is 0.316 e. The number of nitrogens with zero attached hydrogens (tertiary/aromatic N) is 4. The van der Waals surface area contributed by atoms with Gasteiger partial charge in [0, 0.05) is 31.6 Å². The predicted octanol–water partition coefficient (Wildman–Crippen LogP) is 3.56. The maximum atomic E-state index is 13.9. The summed E-state index contributed by atoms with van der Waals surface area (Å²) in [5, 5.41) is 4.67. The van der Waals surface area contributed by atoms with Crippen LogP contribution in [0.15, 0.2) is 70.0 Å². The minimum absolute atomic E-state index is 0.00816. The molecule has 0 aliphatic carbocycles. The number of aromatic nitrogens is 2. The normalized spacial score (nSPS) is 15.0. The third-order valence-electron chi connectivity index (χ3n) is 6.34. The Morgan fingerprint density at radius 2 is 1.81 bits per heavy atom. The minimum atomic E-state index is -3.38. The molecule has 11 heteroatoms. The van der Waals surface area contributed by atoms with Gasteiger partial charge in [-0.15, -0.1) is 0 Å². The van der Waals surface area contributed by atoms with Crippen LogP contribution in [-0.4, -0.2) is 53.9 Å². The summed E-state index contributed by atoms with van der Waals surface area (Å²) >= 11 is 0. The number of furan rings is 1. The molecule has 37 heavy (non-hydrogen) atoms. The number of ether oxygens (including phenoxy) is 1. The lowest BCUT2D eigenvalue weighted by atomic mass is 10.2. The molecule has 0 unspecified atom stereocenters. The Kier molecular flexibility index (Phi) is 6.74. The van der Waals surface area contributed by atoms with Crippen molar-refractivity contribution in [2.75, 3.05) is 31.1 Å². The van der Waals surface area contributed by atoms with Crippen LogP contribution in [0, 0.1) is 5.82 Å². The molecule has 0 N–H and O–H groups in total. The van der Waals surface area contributed by atoms with Crippen molar-refractivity contribution in [1.82, 2.24) is 14.1 Å². The molecule has 1 fully saturated rings. The quantitative estimate of drug-likeness (QED) is 0.363. The molecule has 1 aliphatic heterocycles. The lowest BCUT2D eigenvalue weighted by molar-refractivity contribution is 0.268. The molecule has 1 saturated heterocycles. The first-order chi connectivity index (χ1) is 17.7. The Hall–Kier alpha value is -3.70. The third kappa shape index (κ3) is 4.96. The second-order valence-electron chi connectivity index (χ2n) is 9.07. The van der Waals surface area contributed by atoms with Crippen molar-refractivity contribution >= 4 is 26.7 Å². The summed E-state index contributed by atoms with van der Waals surface area (Å²) in [5.41, 5.74) is 0.848. The van der Waals surface area contributed by atoms with Gasteiger partial charge in [-0.25, -0.2) is 12.8 Å². The van der Waals surface area contributed by atoms with Gasteiger partial charge in [-0.1, -0.05) is 24.3 Å². The predicted molar refractivity (Wildman–Crippen MR) is 138 cm³/mol. The molecule has 5 rings (SSSR count). The zero-order chi connectivity index (χ0) is 26.2. The molecule has 2 aromatic heterocycles. The number of sulfonamides is 1. The molecule has 3 heterocycles. The Morgan fingerprint density at radius 3 is 2.51 bits per heavy atom. The Labute approximate surface area is 213 Å². The summed E-state index contributed by atoms with van der Waals surface area (Å²) in [4.78, 5) is 15.4. The van der Waals surface area contributed by atoms with Gasteiger partial charge in [-0.05, 0) is 44.2 Å². The summed E-state index contributed by atoms with van der Waals surface area (Å²) < 4.78 is 53.4. The second-order valence-corrected chi connectivity index (χ2v) is 11.6. The number of piperazine rings is 1. The van der Waals surface area contributed by atoms with Gasteiger partial charge >= 0.3 is 5.56 Å². The van der Waals surface area contributed by atoms with Gasteiger partial charge < -0.3 is 14.1 Å². The minimum Gasteiger partial charge on any atom is -0.478 e. The fraction of sp³-hybridized carbons (Fsp3) is 0.308. The van der Waals surface area contributed by atoms with E-state index in [-0.39, 0.29) is 31.1 Å². The van der Waals surface area contributed by atoms with E-state index in [0.29, 0.717) is 30.1 Å². The molecule has 9 nitrogen and oxygen atoms in total. The summed E-state index contributed by atoms with van der Waals surface area (Å²) in [6.07, 6.45) is 1.49. The number of hydrogen-bond donors (Lipinski definition) is 0. The molecule has 0 spiro atoms. The largest absolute Gasteiger partial charge is 0.478 e. The highest BCUT2D eigenvalue weighted by Crippen LogP contribution is 2.28. The third-order valence-corrected chi connectivity index (χ3v) is 8.61. The zero-order valence-corrected chi connectivity index (χ0v) is 21.3. The van der Waals surface area contributed by atoms with Crippen LogP contribution in [0.1, 0.15) is 19.6 Å². The smallest absolute Gasteiger partial charge is 0.316 e. The summed E-state index contributed by atoms with van der Waals surface area (Å²) in [6.45, 7) is 4.57. The molecular formula is C26H27FN4O5S. The molecule has 0 radical (unpaired) electrons. The van der Waals surface area contributed by atoms with Crippen molar-refractivity contribution in [3.63, 3.8) is 0 Å².